The molecule has 1 N–H and O–H groups in total. The number of halogens is 1. The molecule has 1 amide bonds. The van der Waals surface area contributed by atoms with Crippen molar-refractivity contribution in [3.8, 4) is 0 Å². The first-order valence-electron chi connectivity index (χ1n) is 5.19. The van der Waals surface area contributed by atoms with Crippen molar-refractivity contribution in [3.63, 3.8) is 0 Å². The second-order valence-corrected chi connectivity index (χ2v) is 7.85. The summed E-state index contributed by atoms with van der Waals surface area (Å²) in [7, 11) is -3.39. The average Bonchev–Trinajstić information content (AvgIpc) is 2.12. The molecule has 6 heteroatoms. The Bertz CT molecular complexity index is 338. The summed E-state index contributed by atoms with van der Waals surface area (Å²) in [6.07, 6.45) is 2.85. The predicted molar refractivity (Wildman–Crippen MR) is 69.6 cm³/mol. The Hall–Kier alpha value is -0.100. The second-order valence-electron chi connectivity index (χ2n) is 4.49. The van der Waals surface area contributed by atoms with E-state index in [1.807, 2.05) is 6.92 Å². The van der Waals surface area contributed by atoms with Crippen LogP contribution in [0.25, 0.3) is 0 Å². The zero-order valence-electron chi connectivity index (χ0n) is 10.2. The fraction of sp³-hybridized carbons (Fsp3) is 0.900. The number of sulfone groups is 1. The summed E-state index contributed by atoms with van der Waals surface area (Å²) in [6, 6.07) is -0.00826. The van der Waals surface area contributed by atoms with Gasteiger partial charge in [0.2, 0.25) is 5.91 Å². The molecule has 0 aliphatic rings. The first-order valence-corrected chi connectivity index (χ1v) is 8.20. The molecular formula is C10H20BrNO3S. The Morgan fingerprint density at radius 2 is 1.94 bits per heavy atom. The molecule has 0 rings (SSSR count). The molecule has 0 heterocycles. The number of nitrogens with one attached hydrogen (secondary N) is 1. The van der Waals surface area contributed by atoms with E-state index in [1.54, 1.807) is 0 Å². The highest BCUT2D eigenvalue weighted by molar-refractivity contribution is 9.09. The first-order chi connectivity index (χ1) is 7.13. The van der Waals surface area contributed by atoms with Crippen LogP contribution in [0.4, 0.5) is 0 Å². The number of rotatable bonds is 6. The maximum Gasteiger partial charge on any atom is 0.241 e. The minimum absolute atomic E-state index is 0.00826. The molecule has 0 fully saturated rings. The number of hydrogen-bond donors (Lipinski definition) is 1. The van der Waals surface area contributed by atoms with Crippen LogP contribution in [0.1, 0.15) is 33.6 Å². The molecule has 0 bridgehead atoms. The minimum atomic E-state index is -3.39. The van der Waals surface area contributed by atoms with Gasteiger partial charge in [0.25, 0.3) is 0 Å². The van der Waals surface area contributed by atoms with Crippen molar-refractivity contribution in [2.24, 2.45) is 0 Å². The van der Waals surface area contributed by atoms with Crippen LogP contribution < -0.4 is 5.32 Å². The molecule has 0 saturated carbocycles. The molecule has 0 saturated heterocycles. The molecule has 96 valence electrons. The highest BCUT2D eigenvalue weighted by Gasteiger charge is 2.38. The van der Waals surface area contributed by atoms with Gasteiger partial charge in [-0.2, -0.15) is 0 Å². The van der Waals surface area contributed by atoms with Gasteiger partial charge in [-0.1, -0.05) is 15.9 Å². The number of amides is 1. The lowest BCUT2D eigenvalue weighted by atomic mass is 10.1. The Kier molecular flexibility index (Phi) is 5.96. The Morgan fingerprint density at radius 1 is 1.44 bits per heavy atom. The fourth-order valence-electron chi connectivity index (χ4n) is 1.02. The highest BCUT2D eigenvalue weighted by Crippen LogP contribution is 2.15. The van der Waals surface area contributed by atoms with E-state index in [-0.39, 0.29) is 6.04 Å². The molecule has 4 nitrogen and oxygen atoms in total. The van der Waals surface area contributed by atoms with Gasteiger partial charge in [0.05, 0.1) is 0 Å². The summed E-state index contributed by atoms with van der Waals surface area (Å²) in [5.41, 5.74) is 0. The Balaban J connectivity index is 4.48. The lowest BCUT2D eigenvalue weighted by Gasteiger charge is -2.24. The standard InChI is InChI=1S/C10H20BrNO3S/c1-8(6-5-7-11)12-9(13)10(2,3)16(4,14)15/h8H,5-7H2,1-4H3,(H,12,13). The molecule has 0 aromatic heterocycles. The third-order valence-electron chi connectivity index (χ3n) is 2.62. The van der Waals surface area contributed by atoms with E-state index in [9.17, 15) is 13.2 Å². The Labute approximate surface area is 106 Å². The van der Waals surface area contributed by atoms with E-state index in [4.69, 9.17) is 0 Å². The van der Waals surface area contributed by atoms with Crippen LogP contribution in [0, 0.1) is 0 Å². The van der Waals surface area contributed by atoms with Crippen molar-refractivity contribution in [2.75, 3.05) is 11.6 Å². The summed E-state index contributed by atoms with van der Waals surface area (Å²) in [5, 5.41) is 3.60. The van der Waals surface area contributed by atoms with Gasteiger partial charge < -0.3 is 5.32 Å². The number of alkyl halides is 1. The zero-order chi connectivity index (χ0) is 13.0. The van der Waals surface area contributed by atoms with Crippen molar-refractivity contribution >= 4 is 31.7 Å². The van der Waals surface area contributed by atoms with Crippen molar-refractivity contribution in [2.45, 2.75) is 44.4 Å². The molecule has 16 heavy (non-hydrogen) atoms. The van der Waals surface area contributed by atoms with Gasteiger partial charge in [-0.05, 0) is 33.6 Å². The van der Waals surface area contributed by atoms with Gasteiger partial charge in [-0.25, -0.2) is 8.42 Å². The van der Waals surface area contributed by atoms with Gasteiger partial charge in [0, 0.05) is 17.6 Å². The third-order valence-corrected chi connectivity index (χ3v) is 5.22. The predicted octanol–water partition coefficient (Wildman–Crippen LogP) is 1.49. The second kappa shape index (κ2) is 6.00. The van der Waals surface area contributed by atoms with Gasteiger partial charge in [0.15, 0.2) is 9.84 Å². The van der Waals surface area contributed by atoms with E-state index in [0.29, 0.717) is 0 Å². The minimum Gasteiger partial charge on any atom is -0.352 e. The average molecular weight is 314 g/mol. The van der Waals surface area contributed by atoms with Crippen LogP contribution in [0.3, 0.4) is 0 Å². The van der Waals surface area contributed by atoms with Crippen molar-refractivity contribution in [1.29, 1.82) is 0 Å². The maximum atomic E-state index is 11.8. The van der Waals surface area contributed by atoms with E-state index in [2.05, 4.69) is 21.2 Å². The van der Waals surface area contributed by atoms with Crippen LogP contribution >= 0.6 is 15.9 Å². The van der Waals surface area contributed by atoms with Crippen LogP contribution in [0.2, 0.25) is 0 Å². The molecule has 0 aromatic rings. The fourth-order valence-corrected chi connectivity index (χ4v) is 1.74. The van der Waals surface area contributed by atoms with E-state index in [1.165, 1.54) is 13.8 Å². The monoisotopic (exact) mass is 313 g/mol. The maximum absolute atomic E-state index is 11.8. The smallest absolute Gasteiger partial charge is 0.241 e. The molecule has 0 spiro atoms. The third kappa shape index (κ3) is 4.41. The van der Waals surface area contributed by atoms with Crippen LogP contribution in [0.5, 0.6) is 0 Å². The van der Waals surface area contributed by atoms with Crippen LogP contribution in [0.15, 0.2) is 0 Å². The highest BCUT2D eigenvalue weighted by atomic mass is 79.9. The SMILES string of the molecule is CC(CCCBr)NC(=O)C(C)(C)S(C)(=O)=O. The summed E-state index contributed by atoms with van der Waals surface area (Å²) in [6.45, 7) is 4.72. The summed E-state index contributed by atoms with van der Waals surface area (Å²) < 4.78 is 21.5. The van der Waals surface area contributed by atoms with Crippen molar-refractivity contribution in [3.05, 3.63) is 0 Å². The summed E-state index contributed by atoms with van der Waals surface area (Å²) in [5.74, 6) is -0.433. The van der Waals surface area contributed by atoms with Crippen molar-refractivity contribution < 1.29 is 13.2 Å². The van der Waals surface area contributed by atoms with Gasteiger partial charge in [-0.15, -0.1) is 0 Å². The van der Waals surface area contributed by atoms with Crippen LogP contribution in [-0.4, -0.2) is 36.7 Å². The number of hydrogen-bond acceptors (Lipinski definition) is 3. The molecule has 0 aliphatic heterocycles. The molecule has 0 aromatic carbocycles. The van der Waals surface area contributed by atoms with Crippen molar-refractivity contribution in [1.82, 2.24) is 5.32 Å². The zero-order valence-corrected chi connectivity index (χ0v) is 12.6. The normalized spacial score (nSPS) is 14.6. The van der Waals surface area contributed by atoms with Gasteiger partial charge in [0.1, 0.15) is 4.75 Å². The molecular weight excluding hydrogens is 294 g/mol. The Morgan fingerprint density at radius 3 is 2.31 bits per heavy atom. The molecule has 1 unspecified atom stereocenters. The molecule has 1 atom stereocenters. The molecule has 0 aliphatic carbocycles. The summed E-state index contributed by atoms with van der Waals surface area (Å²) >= 11 is 3.31. The first kappa shape index (κ1) is 15.9. The quantitative estimate of drug-likeness (QED) is 0.756. The number of carbonyl (C=O) groups is 1. The molecule has 0 radical (unpaired) electrons. The number of carbonyl (C=O) groups excluding carboxylic acids is 1. The van der Waals surface area contributed by atoms with E-state index in [0.717, 1.165) is 24.4 Å². The van der Waals surface area contributed by atoms with Crippen LogP contribution in [-0.2, 0) is 14.6 Å². The van der Waals surface area contributed by atoms with Gasteiger partial charge >= 0.3 is 0 Å². The van der Waals surface area contributed by atoms with E-state index >= 15 is 0 Å². The topological polar surface area (TPSA) is 63.2 Å². The lowest BCUT2D eigenvalue weighted by Crippen LogP contribution is -2.50. The van der Waals surface area contributed by atoms with Gasteiger partial charge in [-0.3, -0.25) is 4.79 Å². The summed E-state index contributed by atoms with van der Waals surface area (Å²) in [4.78, 5) is 11.8. The lowest BCUT2D eigenvalue weighted by molar-refractivity contribution is -0.123. The largest absolute Gasteiger partial charge is 0.352 e. The van der Waals surface area contributed by atoms with E-state index < -0.39 is 20.5 Å².